The molecule has 0 radical (unpaired) electrons. The maximum atomic E-state index is 12.1. The molecule has 2 aromatic carbocycles. The van der Waals surface area contributed by atoms with Crippen LogP contribution in [0, 0.1) is 0 Å². The summed E-state index contributed by atoms with van der Waals surface area (Å²) < 4.78 is 0. The number of halogens is 1. The van der Waals surface area contributed by atoms with Crippen LogP contribution in [0.25, 0.3) is 0 Å². The van der Waals surface area contributed by atoms with Gasteiger partial charge in [0.2, 0.25) is 5.91 Å². The number of hydrogen-bond donors (Lipinski definition) is 3. The van der Waals surface area contributed by atoms with E-state index in [1.54, 1.807) is 0 Å². The third-order valence-electron chi connectivity index (χ3n) is 5.21. The van der Waals surface area contributed by atoms with Crippen LogP contribution < -0.4 is 16.0 Å². The summed E-state index contributed by atoms with van der Waals surface area (Å²) in [6.07, 6.45) is 0.470. The van der Waals surface area contributed by atoms with Crippen LogP contribution in [0.3, 0.4) is 0 Å². The average Bonchev–Trinajstić information content (AvgIpc) is 2.69. The van der Waals surface area contributed by atoms with Gasteiger partial charge in [0.25, 0.3) is 0 Å². The molecule has 2 aromatic rings. The number of amides is 1. The van der Waals surface area contributed by atoms with E-state index in [1.165, 1.54) is 0 Å². The summed E-state index contributed by atoms with van der Waals surface area (Å²) in [7, 11) is 0. The number of rotatable bonds is 6. The highest BCUT2D eigenvalue weighted by Crippen LogP contribution is 2.31. The zero-order chi connectivity index (χ0) is 20.9. The van der Waals surface area contributed by atoms with E-state index < -0.39 is 0 Å². The molecule has 0 fully saturated rings. The van der Waals surface area contributed by atoms with Crippen LogP contribution >= 0.6 is 11.6 Å². The third kappa shape index (κ3) is 5.51. The van der Waals surface area contributed by atoms with Crippen molar-refractivity contribution in [3.8, 4) is 0 Å². The fourth-order valence-corrected chi connectivity index (χ4v) is 3.71. The Labute approximate surface area is 178 Å². The normalized spacial score (nSPS) is 16.8. The Morgan fingerprint density at radius 2 is 2.00 bits per heavy atom. The summed E-state index contributed by atoms with van der Waals surface area (Å²) in [5.41, 5.74) is 3.07. The lowest BCUT2D eigenvalue weighted by atomic mass is 9.85. The number of aliphatic imine (C=N–C) groups is 1. The Kier molecular flexibility index (Phi) is 6.80. The highest BCUT2D eigenvalue weighted by atomic mass is 35.5. The second-order valence-electron chi connectivity index (χ2n) is 8.01. The molecule has 1 unspecified atom stereocenters. The van der Waals surface area contributed by atoms with Gasteiger partial charge in [-0.3, -0.25) is 9.79 Å². The van der Waals surface area contributed by atoms with Crippen LogP contribution in [-0.2, 0) is 10.2 Å². The van der Waals surface area contributed by atoms with Crippen molar-refractivity contribution in [3.63, 3.8) is 0 Å². The molecule has 1 aliphatic heterocycles. The van der Waals surface area contributed by atoms with Crippen LogP contribution in [0.5, 0.6) is 0 Å². The smallest absolute Gasteiger partial charge is 0.225 e. The molecule has 1 atom stereocenters. The quantitative estimate of drug-likeness (QED) is 0.489. The molecule has 3 rings (SSSR count). The Morgan fingerprint density at radius 3 is 2.76 bits per heavy atom. The van der Waals surface area contributed by atoms with E-state index in [0.29, 0.717) is 19.5 Å². The number of benzene rings is 2. The molecule has 1 heterocycles. The van der Waals surface area contributed by atoms with Crippen molar-refractivity contribution in [1.29, 1.82) is 0 Å². The summed E-state index contributed by atoms with van der Waals surface area (Å²) in [5, 5.41) is 10.4. The Morgan fingerprint density at radius 1 is 1.21 bits per heavy atom. The molecule has 0 aliphatic carbocycles. The zero-order valence-corrected chi connectivity index (χ0v) is 18.0. The van der Waals surface area contributed by atoms with Gasteiger partial charge in [0, 0.05) is 41.6 Å². The molecule has 0 aromatic heterocycles. The van der Waals surface area contributed by atoms with E-state index in [9.17, 15) is 4.79 Å². The highest BCUT2D eigenvalue weighted by Gasteiger charge is 2.25. The Balaban J connectivity index is 1.69. The van der Waals surface area contributed by atoms with Crippen LogP contribution in [0.4, 0.5) is 5.69 Å². The summed E-state index contributed by atoms with van der Waals surface area (Å²) in [6.45, 7) is 8.40. The Bertz CT molecular complexity index is 894. The molecule has 0 saturated carbocycles. The number of carbonyl (C=O) groups excluding carboxylic acids is 1. The van der Waals surface area contributed by atoms with Crippen molar-refractivity contribution in [3.05, 3.63) is 64.7 Å². The molecule has 5 nitrogen and oxygen atoms in total. The second kappa shape index (κ2) is 9.31. The predicted octanol–water partition coefficient (Wildman–Crippen LogP) is 4.30. The molecule has 1 amide bonds. The van der Waals surface area contributed by atoms with Crippen LogP contribution in [-0.4, -0.2) is 31.5 Å². The van der Waals surface area contributed by atoms with Gasteiger partial charge in [0.1, 0.15) is 0 Å². The number of carbonyl (C=O) groups is 1. The first kappa shape index (κ1) is 21.2. The fraction of sp³-hybridized carbons (Fsp3) is 0.391. The zero-order valence-electron chi connectivity index (χ0n) is 17.3. The van der Waals surface area contributed by atoms with Crippen LogP contribution in [0.15, 0.2) is 53.5 Å². The van der Waals surface area contributed by atoms with E-state index in [0.717, 1.165) is 34.3 Å². The second-order valence-corrected chi connectivity index (χ2v) is 8.44. The lowest BCUT2D eigenvalue weighted by Gasteiger charge is -2.27. The summed E-state index contributed by atoms with van der Waals surface area (Å²) >= 11 is 6.16. The van der Waals surface area contributed by atoms with Crippen molar-refractivity contribution < 1.29 is 4.79 Å². The lowest BCUT2D eigenvalue weighted by molar-refractivity contribution is -0.116. The standard InChI is InChI=1S/C23H29ClN4O/c1-4-25-22(27-15-23(2,3)17-8-7-9-18(24)13-17)26-14-16-12-21(29)28-20-11-6-5-10-19(16)20/h5-11,13,16H,4,12,14-15H2,1-3H3,(H,28,29)(H2,25,26,27). The van der Waals surface area contributed by atoms with E-state index >= 15 is 0 Å². The maximum absolute atomic E-state index is 12.1. The number of anilines is 1. The van der Waals surface area contributed by atoms with E-state index in [2.05, 4.69) is 41.9 Å². The molecule has 0 saturated heterocycles. The number of para-hydroxylation sites is 1. The highest BCUT2D eigenvalue weighted by molar-refractivity contribution is 6.30. The molecule has 1 aliphatic rings. The first-order valence-corrected chi connectivity index (χ1v) is 10.4. The lowest BCUT2D eigenvalue weighted by Crippen LogP contribution is -2.41. The van der Waals surface area contributed by atoms with Crippen molar-refractivity contribution >= 4 is 29.2 Å². The molecular formula is C23H29ClN4O. The number of hydrogen-bond acceptors (Lipinski definition) is 2. The van der Waals surface area contributed by atoms with Gasteiger partial charge in [-0.05, 0) is 36.2 Å². The number of fused-ring (bicyclic) bond motifs is 1. The first-order valence-electron chi connectivity index (χ1n) is 10.1. The van der Waals surface area contributed by atoms with Gasteiger partial charge < -0.3 is 16.0 Å². The van der Waals surface area contributed by atoms with Crippen molar-refractivity contribution in [2.45, 2.75) is 38.5 Å². The van der Waals surface area contributed by atoms with Gasteiger partial charge in [-0.15, -0.1) is 0 Å². The maximum Gasteiger partial charge on any atom is 0.225 e. The number of nitrogens with zero attached hydrogens (tertiary/aromatic N) is 1. The first-order chi connectivity index (χ1) is 13.9. The SMILES string of the molecule is CCNC(=NCC(C)(C)c1cccc(Cl)c1)NCC1CC(=O)Nc2ccccc21. The average molecular weight is 413 g/mol. The number of guanidine groups is 1. The molecule has 3 N–H and O–H groups in total. The minimum Gasteiger partial charge on any atom is -0.357 e. The molecule has 154 valence electrons. The van der Waals surface area contributed by atoms with Gasteiger partial charge in [0.05, 0.1) is 6.54 Å². The van der Waals surface area contributed by atoms with Crippen molar-refractivity contribution in [2.75, 3.05) is 25.0 Å². The molecular weight excluding hydrogens is 384 g/mol. The fourth-order valence-electron chi connectivity index (χ4n) is 3.52. The van der Waals surface area contributed by atoms with Crippen molar-refractivity contribution in [2.24, 2.45) is 4.99 Å². The van der Waals surface area contributed by atoms with E-state index in [1.807, 2.05) is 43.3 Å². The molecule has 29 heavy (non-hydrogen) atoms. The minimum atomic E-state index is -0.148. The Hall–Kier alpha value is -2.53. The number of nitrogens with one attached hydrogen (secondary N) is 3. The van der Waals surface area contributed by atoms with Gasteiger partial charge in [-0.25, -0.2) is 0 Å². The third-order valence-corrected chi connectivity index (χ3v) is 5.44. The topological polar surface area (TPSA) is 65.5 Å². The largest absolute Gasteiger partial charge is 0.357 e. The van der Waals surface area contributed by atoms with Crippen molar-refractivity contribution in [1.82, 2.24) is 10.6 Å². The predicted molar refractivity (Wildman–Crippen MR) is 121 cm³/mol. The van der Waals surface area contributed by atoms with Crippen LogP contribution in [0.2, 0.25) is 5.02 Å². The molecule has 6 heteroatoms. The van der Waals surface area contributed by atoms with Gasteiger partial charge >= 0.3 is 0 Å². The minimum absolute atomic E-state index is 0.0551. The van der Waals surface area contributed by atoms with E-state index in [-0.39, 0.29) is 17.2 Å². The van der Waals surface area contributed by atoms with Crippen LogP contribution in [0.1, 0.15) is 44.2 Å². The summed E-state index contributed by atoms with van der Waals surface area (Å²) in [4.78, 5) is 16.9. The van der Waals surface area contributed by atoms with E-state index in [4.69, 9.17) is 16.6 Å². The molecule has 0 bridgehead atoms. The molecule has 0 spiro atoms. The monoisotopic (exact) mass is 412 g/mol. The van der Waals surface area contributed by atoms with Gasteiger partial charge in [-0.1, -0.05) is 55.8 Å². The summed E-state index contributed by atoms with van der Waals surface area (Å²) in [5.74, 6) is 0.926. The van der Waals surface area contributed by atoms with Gasteiger partial charge in [-0.2, -0.15) is 0 Å². The summed E-state index contributed by atoms with van der Waals surface area (Å²) in [6, 6.07) is 15.9. The van der Waals surface area contributed by atoms with Gasteiger partial charge in [0.15, 0.2) is 5.96 Å².